The zero-order valence-electron chi connectivity index (χ0n) is 12.1. The van der Waals surface area contributed by atoms with Crippen LogP contribution in [0.5, 0.6) is 0 Å². The van der Waals surface area contributed by atoms with Gasteiger partial charge in [-0.3, -0.25) is 9.13 Å². The second-order valence-electron chi connectivity index (χ2n) is 5.74. The zero-order chi connectivity index (χ0) is 15.0. The maximum Gasteiger partial charge on any atom is 0.332 e. The third-order valence-electron chi connectivity index (χ3n) is 4.00. The van der Waals surface area contributed by atoms with Gasteiger partial charge in [-0.1, -0.05) is 12.1 Å². The second kappa shape index (κ2) is 4.86. The topological polar surface area (TPSA) is 56.4 Å². The molecule has 0 atom stereocenters. The van der Waals surface area contributed by atoms with Crippen LogP contribution in [0, 0.1) is 0 Å². The number of rotatable bonds is 4. The smallest absolute Gasteiger partial charge is 0.296 e. The molecular weight excluding hydrogens is 266 g/mol. The van der Waals surface area contributed by atoms with Crippen LogP contribution >= 0.6 is 0 Å². The summed E-state index contributed by atoms with van der Waals surface area (Å²) in [6.07, 6.45) is 6.93. The maximum atomic E-state index is 12.4. The molecule has 1 aromatic carbocycles. The van der Waals surface area contributed by atoms with Crippen molar-refractivity contribution in [3.8, 4) is 5.69 Å². The lowest BCUT2D eigenvalue weighted by Gasteiger charge is -2.10. The van der Waals surface area contributed by atoms with E-state index < -0.39 is 5.54 Å². The lowest BCUT2D eigenvalue weighted by Crippen LogP contribution is -2.24. The molecule has 1 aromatic heterocycles. The van der Waals surface area contributed by atoms with E-state index >= 15 is 0 Å². The molecule has 5 heteroatoms. The highest BCUT2D eigenvalue weighted by atomic mass is 16.1. The number of hydrogen-bond acceptors (Lipinski definition) is 3. The molecule has 1 fully saturated rings. The fraction of sp³-hybridized carbons (Fsp3) is 0.375. The summed E-state index contributed by atoms with van der Waals surface area (Å²) >= 11 is 0. The number of benzene rings is 1. The minimum Gasteiger partial charge on any atom is -0.296 e. The van der Waals surface area contributed by atoms with Crippen molar-refractivity contribution in [2.45, 2.75) is 38.3 Å². The Morgan fingerprint density at radius 1 is 1.29 bits per heavy atom. The zero-order valence-corrected chi connectivity index (χ0v) is 12.1. The lowest BCUT2D eigenvalue weighted by molar-refractivity contribution is 0.556. The van der Waals surface area contributed by atoms with Crippen LogP contribution in [0.1, 0.15) is 38.3 Å². The molecule has 0 aliphatic heterocycles. The fourth-order valence-electron chi connectivity index (χ4n) is 2.60. The number of carbonyl (C=O) groups excluding carboxylic acids is 1. The predicted octanol–water partition coefficient (Wildman–Crippen LogP) is 2.54. The molecule has 2 aromatic rings. The Balaban J connectivity index is 2.05. The third-order valence-corrected chi connectivity index (χ3v) is 4.00. The van der Waals surface area contributed by atoms with Crippen molar-refractivity contribution in [1.82, 2.24) is 9.13 Å². The molecule has 0 amide bonds. The Hall–Kier alpha value is -2.39. The van der Waals surface area contributed by atoms with E-state index in [1.54, 1.807) is 27.6 Å². The first-order chi connectivity index (χ1) is 10.1. The monoisotopic (exact) mass is 283 g/mol. The first-order valence-corrected chi connectivity index (χ1v) is 7.07. The third kappa shape index (κ3) is 2.26. The first-order valence-electron chi connectivity index (χ1n) is 7.07. The van der Waals surface area contributed by atoms with Gasteiger partial charge >= 0.3 is 5.69 Å². The van der Waals surface area contributed by atoms with Crippen LogP contribution in [-0.4, -0.2) is 15.2 Å². The van der Waals surface area contributed by atoms with Crippen LogP contribution in [0.4, 0.5) is 0 Å². The molecule has 0 spiro atoms. The van der Waals surface area contributed by atoms with Crippen LogP contribution in [0.2, 0.25) is 0 Å². The Bertz CT molecular complexity index is 775. The highest BCUT2D eigenvalue weighted by molar-refractivity contribution is 5.45. The van der Waals surface area contributed by atoms with Crippen molar-refractivity contribution in [3.05, 3.63) is 52.7 Å². The van der Waals surface area contributed by atoms with Gasteiger partial charge in [0, 0.05) is 18.4 Å². The van der Waals surface area contributed by atoms with Gasteiger partial charge in [0.2, 0.25) is 6.08 Å². The molecule has 108 valence electrons. The molecule has 0 bridgehead atoms. The lowest BCUT2D eigenvalue weighted by atomic mass is 10.0. The summed E-state index contributed by atoms with van der Waals surface area (Å²) in [5, 5.41) is 0. The molecule has 21 heavy (non-hydrogen) atoms. The molecule has 1 aliphatic rings. The quantitative estimate of drug-likeness (QED) is 0.639. The molecule has 0 radical (unpaired) electrons. The van der Waals surface area contributed by atoms with Crippen LogP contribution < -0.4 is 5.69 Å². The van der Waals surface area contributed by atoms with Gasteiger partial charge in [-0.25, -0.2) is 9.59 Å². The van der Waals surface area contributed by atoms with Crippen LogP contribution in [0.25, 0.3) is 5.69 Å². The van der Waals surface area contributed by atoms with Gasteiger partial charge in [0.25, 0.3) is 0 Å². The van der Waals surface area contributed by atoms with Crippen molar-refractivity contribution < 1.29 is 4.79 Å². The summed E-state index contributed by atoms with van der Waals surface area (Å²) in [4.78, 5) is 26.9. The summed E-state index contributed by atoms with van der Waals surface area (Å²) in [7, 11) is 0. The molecule has 0 unspecified atom stereocenters. The van der Waals surface area contributed by atoms with E-state index in [1.165, 1.54) is 0 Å². The van der Waals surface area contributed by atoms with E-state index in [1.807, 2.05) is 38.1 Å². The average molecular weight is 283 g/mol. The van der Waals surface area contributed by atoms with Crippen LogP contribution in [-0.2, 0) is 10.3 Å². The van der Waals surface area contributed by atoms with Gasteiger partial charge in [0.15, 0.2) is 0 Å². The van der Waals surface area contributed by atoms with Crippen LogP contribution in [0.3, 0.4) is 0 Å². The van der Waals surface area contributed by atoms with Crippen molar-refractivity contribution >= 4 is 6.08 Å². The number of nitrogens with zero attached hydrogens (tertiary/aromatic N) is 3. The Labute approximate surface area is 122 Å². The molecule has 5 nitrogen and oxygen atoms in total. The number of hydrogen-bond donors (Lipinski definition) is 0. The van der Waals surface area contributed by atoms with Gasteiger partial charge in [-0.05, 0) is 44.4 Å². The fourth-order valence-corrected chi connectivity index (χ4v) is 2.60. The number of aliphatic imine (C=N–C) groups is 1. The summed E-state index contributed by atoms with van der Waals surface area (Å²) in [5.41, 5.74) is 1.28. The molecule has 3 rings (SSSR count). The standard InChI is InChI=1S/C16H17N3O2/c1-12(2)18-8-9-19(15(18)21)14-5-3-4-13(10-14)16(6-7-16)17-11-20/h3-5,8-10,12H,6-7H2,1-2H3. The maximum absolute atomic E-state index is 12.4. The van der Waals surface area contributed by atoms with E-state index in [0.717, 1.165) is 24.1 Å². The number of aromatic nitrogens is 2. The van der Waals surface area contributed by atoms with Crippen molar-refractivity contribution in [1.29, 1.82) is 0 Å². The summed E-state index contributed by atoms with van der Waals surface area (Å²) < 4.78 is 3.30. The van der Waals surface area contributed by atoms with Gasteiger partial charge in [0.1, 0.15) is 0 Å². The largest absolute Gasteiger partial charge is 0.332 e. The average Bonchev–Trinajstić information content (AvgIpc) is 3.14. The Morgan fingerprint density at radius 2 is 2.05 bits per heavy atom. The van der Waals surface area contributed by atoms with E-state index in [2.05, 4.69) is 4.99 Å². The number of isocyanates is 1. The normalized spacial score (nSPS) is 15.8. The Morgan fingerprint density at radius 3 is 2.62 bits per heavy atom. The first kappa shape index (κ1) is 13.6. The second-order valence-corrected chi connectivity index (χ2v) is 5.74. The molecule has 1 saturated carbocycles. The molecule has 1 heterocycles. The molecule has 0 N–H and O–H groups in total. The summed E-state index contributed by atoms with van der Waals surface area (Å²) in [6, 6.07) is 7.78. The molecular formula is C16H17N3O2. The van der Waals surface area contributed by atoms with Crippen molar-refractivity contribution in [3.63, 3.8) is 0 Å². The minimum absolute atomic E-state index is 0.0640. The number of imidazole rings is 1. The minimum atomic E-state index is -0.415. The van der Waals surface area contributed by atoms with Crippen molar-refractivity contribution in [2.75, 3.05) is 0 Å². The van der Waals surface area contributed by atoms with Gasteiger partial charge in [0.05, 0.1) is 11.2 Å². The predicted molar refractivity (Wildman–Crippen MR) is 79.4 cm³/mol. The van der Waals surface area contributed by atoms with E-state index in [-0.39, 0.29) is 11.7 Å². The highest BCUT2D eigenvalue weighted by Crippen LogP contribution is 2.49. The summed E-state index contributed by atoms with van der Waals surface area (Å²) in [6.45, 7) is 3.94. The van der Waals surface area contributed by atoms with Gasteiger partial charge in [-0.2, -0.15) is 4.99 Å². The highest BCUT2D eigenvalue weighted by Gasteiger charge is 2.44. The molecule has 0 saturated heterocycles. The summed E-state index contributed by atoms with van der Waals surface area (Å²) in [5.74, 6) is 0. The van der Waals surface area contributed by atoms with E-state index in [4.69, 9.17) is 0 Å². The molecule has 1 aliphatic carbocycles. The van der Waals surface area contributed by atoms with E-state index in [0.29, 0.717) is 0 Å². The van der Waals surface area contributed by atoms with E-state index in [9.17, 15) is 9.59 Å². The Kier molecular flexibility index (Phi) is 3.15. The van der Waals surface area contributed by atoms with Gasteiger partial charge < -0.3 is 0 Å². The van der Waals surface area contributed by atoms with Crippen LogP contribution in [0.15, 0.2) is 46.4 Å². The van der Waals surface area contributed by atoms with Gasteiger partial charge in [-0.15, -0.1) is 0 Å². The SMILES string of the molecule is CC(C)n1ccn(-c2cccc(C3(N=C=O)CC3)c2)c1=O. The van der Waals surface area contributed by atoms with Crippen molar-refractivity contribution in [2.24, 2.45) is 4.99 Å².